The maximum absolute atomic E-state index is 12.1. The lowest BCUT2D eigenvalue weighted by molar-refractivity contribution is -0.117. The molecule has 0 unspecified atom stereocenters. The molecule has 2 aromatic carbocycles. The van der Waals surface area contributed by atoms with Gasteiger partial charge >= 0.3 is 6.03 Å². The summed E-state index contributed by atoms with van der Waals surface area (Å²) in [6.45, 7) is 0.544. The van der Waals surface area contributed by atoms with Gasteiger partial charge in [-0.2, -0.15) is 0 Å². The summed E-state index contributed by atoms with van der Waals surface area (Å²) in [7, 11) is 0. The van der Waals surface area contributed by atoms with E-state index in [1.54, 1.807) is 18.2 Å². The molecule has 0 aromatic heterocycles. The number of ether oxygens (including phenoxy) is 2. The molecule has 1 fully saturated rings. The van der Waals surface area contributed by atoms with Gasteiger partial charge in [0.15, 0.2) is 11.5 Å². The predicted molar refractivity (Wildman–Crippen MR) is 96.2 cm³/mol. The molecule has 2 aromatic rings. The van der Waals surface area contributed by atoms with Crippen LogP contribution >= 0.6 is 0 Å². The highest BCUT2D eigenvalue weighted by atomic mass is 16.7. The summed E-state index contributed by atoms with van der Waals surface area (Å²) in [5.74, 6) is 1.50. The Labute approximate surface area is 150 Å². The van der Waals surface area contributed by atoms with E-state index in [2.05, 4.69) is 16.0 Å². The van der Waals surface area contributed by atoms with Crippen molar-refractivity contribution in [2.24, 2.45) is 5.92 Å². The Hall–Kier alpha value is -3.22. The van der Waals surface area contributed by atoms with Gasteiger partial charge in [-0.3, -0.25) is 4.79 Å². The maximum atomic E-state index is 12.1. The third-order valence-electron chi connectivity index (χ3n) is 4.23. The summed E-state index contributed by atoms with van der Waals surface area (Å²) in [6, 6.07) is 12.4. The first-order chi connectivity index (χ1) is 12.7. The van der Waals surface area contributed by atoms with Crippen LogP contribution in [-0.4, -0.2) is 18.7 Å². The van der Waals surface area contributed by atoms with Crippen LogP contribution in [0.5, 0.6) is 11.5 Å². The highest BCUT2D eigenvalue weighted by Gasteiger charge is 2.29. The number of carbonyl (C=O) groups excluding carboxylic acids is 2. The van der Waals surface area contributed by atoms with Crippen molar-refractivity contribution in [1.82, 2.24) is 5.32 Å². The van der Waals surface area contributed by atoms with Crippen LogP contribution in [0.25, 0.3) is 0 Å². The summed E-state index contributed by atoms with van der Waals surface area (Å²) in [5, 5.41) is 8.46. The summed E-state index contributed by atoms with van der Waals surface area (Å²) in [6.07, 6.45) is 1.93. The number of carbonyl (C=O) groups is 2. The molecule has 1 saturated carbocycles. The number of benzene rings is 2. The van der Waals surface area contributed by atoms with E-state index >= 15 is 0 Å². The van der Waals surface area contributed by atoms with E-state index in [1.165, 1.54) is 0 Å². The van der Waals surface area contributed by atoms with Gasteiger partial charge in [0.2, 0.25) is 12.7 Å². The Kier molecular flexibility index (Phi) is 4.35. The molecule has 0 spiro atoms. The standard InChI is InChI=1S/C19H19N3O4/c23-18(13-4-5-13)21-14-3-1-2-12(8-14)10-20-19(24)22-15-6-7-16-17(9-15)26-11-25-16/h1-3,6-9,13H,4-5,10-11H2,(H,21,23)(H2,20,22,24). The number of nitrogens with one attached hydrogen (secondary N) is 3. The fourth-order valence-electron chi connectivity index (χ4n) is 2.68. The van der Waals surface area contributed by atoms with Crippen LogP contribution in [0, 0.1) is 5.92 Å². The molecule has 0 atom stereocenters. The molecule has 1 aliphatic carbocycles. The fourth-order valence-corrected chi connectivity index (χ4v) is 2.68. The summed E-state index contributed by atoms with van der Waals surface area (Å²) < 4.78 is 10.5. The lowest BCUT2D eigenvalue weighted by Gasteiger charge is -2.10. The third kappa shape index (κ3) is 3.88. The Morgan fingerprint density at radius 3 is 2.62 bits per heavy atom. The topological polar surface area (TPSA) is 88.7 Å². The molecule has 0 saturated heterocycles. The number of hydrogen-bond acceptors (Lipinski definition) is 4. The summed E-state index contributed by atoms with van der Waals surface area (Å²) in [5.41, 5.74) is 2.27. The van der Waals surface area contributed by atoms with Gasteiger partial charge in [-0.25, -0.2) is 4.79 Å². The zero-order valence-electron chi connectivity index (χ0n) is 14.1. The second-order valence-electron chi connectivity index (χ2n) is 6.34. The van der Waals surface area contributed by atoms with Crippen LogP contribution in [0.1, 0.15) is 18.4 Å². The molecule has 1 aliphatic heterocycles. The fraction of sp³-hybridized carbons (Fsp3) is 0.263. The Bertz CT molecular complexity index is 848. The normalized spacial score (nSPS) is 14.6. The number of fused-ring (bicyclic) bond motifs is 1. The van der Waals surface area contributed by atoms with Crippen LogP contribution in [0.2, 0.25) is 0 Å². The molecular weight excluding hydrogens is 334 g/mol. The van der Waals surface area contributed by atoms with E-state index in [0.29, 0.717) is 23.7 Å². The van der Waals surface area contributed by atoms with Crippen molar-refractivity contribution in [3.05, 3.63) is 48.0 Å². The SMILES string of the molecule is O=C(NCc1cccc(NC(=O)C2CC2)c1)Nc1ccc2c(c1)OCO2. The van der Waals surface area contributed by atoms with Crippen molar-refractivity contribution in [3.63, 3.8) is 0 Å². The third-order valence-corrected chi connectivity index (χ3v) is 4.23. The van der Waals surface area contributed by atoms with Gasteiger partial charge in [0.1, 0.15) is 0 Å². The second-order valence-corrected chi connectivity index (χ2v) is 6.34. The molecule has 1 heterocycles. The first-order valence-corrected chi connectivity index (χ1v) is 8.52. The highest BCUT2D eigenvalue weighted by Crippen LogP contribution is 2.34. The Balaban J connectivity index is 1.30. The first kappa shape index (κ1) is 16.3. The lowest BCUT2D eigenvalue weighted by Crippen LogP contribution is -2.28. The van der Waals surface area contributed by atoms with Gasteiger partial charge in [-0.1, -0.05) is 12.1 Å². The number of urea groups is 1. The minimum Gasteiger partial charge on any atom is -0.454 e. The van der Waals surface area contributed by atoms with Crippen LogP contribution in [-0.2, 0) is 11.3 Å². The molecule has 134 valence electrons. The van der Waals surface area contributed by atoms with Crippen molar-refractivity contribution < 1.29 is 19.1 Å². The van der Waals surface area contributed by atoms with Crippen molar-refractivity contribution in [1.29, 1.82) is 0 Å². The van der Waals surface area contributed by atoms with Gasteiger partial charge in [-0.15, -0.1) is 0 Å². The molecule has 4 rings (SSSR count). The van der Waals surface area contributed by atoms with E-state index in [-0.39, 0.29) is 24.6 Å². The zero-order chi connectivity index (χ0) is 17.9. The van der Waals surface area contributed by atoms with Gasteiger partial charge in [-0.05, 0) is 42.7 Å². The van der Waals surface area contributed by atoms with Crippen LogP contribution < -0.4 is 25.4 Å². The van der Waals surface area contributed by atoms with Gasteiger partial charge in [0.05, 0.1) is 0 Å². The summed E-state index contributed by atoms with van der Waals surface area (Å²) >= 11 is 0. The molecule has 3 N–H and O–H groups in total. The van der Waals surface area contributed by atoms with Crippen molar-refractivity contribution in [2.75, 3.05) is 17.4 Å². The minimum absolute atomic E-state index is 0.0654. The van der Waals surface area contributed by atoms with Gasteiger partial charge in [0.25, 0.3) is 0 Å². The van der Waals surface area contributed by atoms with Crippen molar-refractivity contribution in [3.8, 4) is 11.5 Å². The largest absolute Gasteiger partial charge is 0.454 e. The van der Waals surface area contributed by atoms with E-state index in [1.807, 2.05) is 24.3 Å². The number of amides is 3. The second kappa shape index (κ2) is 6.95. The van der Waals surface area contributed by atoms with Crippen LogP contribution in [0.15, 0.2) is 42.5 Å². The first-order valence-electron chi connectivity index (χ1n) is 8.52. The molecule has 2 aliphatic rings. The minimum atomic E-state index is -0.323. The van der Waals surface area contributed by atoms with E-state index in [0.717, 1.165) is 24.1 Å². The number of hydrogen-bond donors (Lipinski definition) is 3. The molecular formula is C19H19N3O4. The molecule has 0 bridgehead atoms. The monoisotopic (exact) mass is 353 g/mol. The van der Waals surface area contributed by atoms with Crippen LogP contribution in [0.4, 0.5) is 16.2 Å². The van der Waals surface area contributed by atoms with E-state index in [9.17, 15) is 9.59 Å². The number of anilines is 2. The quantitative estimate of drug-likeness (QED) is 0.771. The predicted octanol–water partition coefficient (Wildman–Crippen LogP) is 3.09. The van der Waals surface area contributed by atoms with Gasteiger partial charge in [0, 0.05) is 29.9 Å². The Morgan fingerprint density at radius 2 is 1.77 bits per heavy atom. The average molecular weight is 353 g/mol. The van der Waals surface area contributed by atoms with Crippen molar-refractivity contribution in [2.45, 2.75) is 19.4 Å². The van der Waals surface area contributed by atoms with Gasteiger partial charge < -0.3 is 25.4 Å². The van der Waals surface area contributed by atoms with E-state index in [4.69, 9.17) is 9.47 Å². The molecule has 0 radical (unpaired) electrons. The molecule has 3 amide bonds. The smallest absolute Gasteiger partial charge is 0.319 e. The highest BCUT2D eigenvalue weighted by molar-refractivity contribution is 5.94. The summed E-state index contributed by atoms with van der Waals surface area (Å²) in [4.78, 5) is 23.9. The average Bonchev–Trinajstić information content (AvgIpc) is 3.39. The maximum Gasteiger partial charge on any atom is 0.319 e. The van der Waals surface area contributed by atoms with Crippen molar-refractivity contribution >= 4 is 23.3 Å². The molecule has 7 heteroatoms. The lowest BCUT2D eigenvalue weighted by atomic mass is 10.2. The number of rotatable bonds is 5. The van der Waals surface area contributed by atoms with Crippen LogP contribution in [0.3, 0.4) is 0 Å². The zero-order valence-corrected chi connectivity index (χ0v) is 14.1. The molecule has 26 heavy (non-hydrogen) atoms. The molecule has 7 nitrogen and oxygen atoms in total. The Morgan fingerprint density at radius 1 is 0.962 bits per heavy atom. The van der Waals surface area contributed by atoms with E-state index < -0.39 is 0 Å².